The number of carbonyl (C=O) groups excluding carboxylic acids is 3. The van der Waals surface area contributed by atoms with Crippen molar-refractivity contribution in [3.8, 4) is 0 Å². The van der Waals surface area contributed by atoms with E-state index in [-0.39, 0.29) is 0 Å². The van der Waals surface area contributed by atoms with Gasteiger partial charge in [-0.1, -0.05) is 5.12 Å². The van der Waals surface area contributed by atoms with E-state index in [0.717, 1.165) is 13.8 Å². The number of hydrogen-bond donors (Lipinski definition) is 1. The molecule has 13 heavy (non-hydrogen) atoms. The molecule has 0 radical (unpaired) electrons. The summed E-state index contributed by atoms with van der Waals surface area (Å²) in [5.41, 5.74) is 0. The van der Waals surface area contributed by atoms with Crippen LogP contribution in [0, 0.1) is 5.21 Å². The predicted molar refractivity (Wildman–Crippen MR) is 39.2 cm³/mol. The average Bonchev–Trinajstić information content (AvgIpc) is 2.24. The van der Waals surface area contributed by atoms with Crippen LogP contribution in [0.5, 0.6) is 0 Å². The molecule has 3 amide bonds. The lowest BCUT2D eigenvalue weighted by atomic mass is 10.5. The first-order valence-corrected chi connectivity index (χ1v) is 3.62. The minimum atomic E-state index is -0.660. The van der Waals surface area contributed by atoms with E-state index < -0.39 is 29.4 Å². The zero-order valence-corrected chi connectivity index (χ0v) is 7.23. The van der Waals surface area contributed by atoms with Gasteiger partial charge in [-0.25, -0.2) is 5.17 Å². The summed E-state index contributed by atoms with van der Waals surface area (Å²) >= 11 is 0. The maximum Gasteiger partial charge on any atom is 0.310 e. The highest BCUT2D eigenvalue weighted by Crippen LogP contribution is 1.99. The van der Waals surface area contributed by atoms with Gasteiger partial charge in [-0.05, 0) is 0 Å². The van der Waals surface area contributed by atoms with Gasteiger partial charge in [-0.15, -0.1) is 5.01 Å². The zero-order chi connectivity index (χ0) is 10.2. The fourth-order valence-electron chi connectivity index (χ4n) is 1.14. The summed E-state index contributed by atoms with van der Waals surface area (Å²) in [6, 6.07) is 0. The van der Waals surface area contributed by atoms with Gasteiger partial charge in [0, 0.05) is 13.8 Å². The Balaban J connectivity index is 2.96. The molecular formula is C6H9N3O4. The van der Waals surface area contributed by atoms with Crippen molar-refractivity contribution in [1.82, 2.24) is 10.1 Å². The SMILES string of the molecule is CC(=O)N1C(=O)C[NH+]([O-])N1C(C)=O. The molecule has 72 valence electrons. The Labute approximate surface area is 74.0 Å². The fourth-order valence-corrected chi connectivity index (χ4v) is 1.14. The molecule has 1 atom stereocenters. The first-order valence-electron chi connectivity index (χ1n) is 3.62. The monoisotopic (exact) mass is 187 g/mol. The molecule has 1 aliphatic rings. The second-order valence-corrected chi connectivity index (χ2v) is 2.63. The van der Waals surface area contributed by atoms with E-state index in [4.69, 9.17) is 0 Å². The van der Waals surface area contributed by atoms with E-state index in [1.165, 1.54) is 0 Å². The topological polar surface area (TPSA) is 85.2 Å². The van der Waals surface area contributed by atoms with Crippen LogP contribution in [0.4, 0.5) is 0 Å². The second-order valence-electron chi connectivity index (χ2n) is 2.63. The molecule has 0 spiro atoms. The number of quaternary nitrogens is 1. The molecule has 7 heteroatoms. The number of hydrogen-bond acceptors (Lipinski definition) is 4. The second kappa shape index (κ2) is 3.11. The van der Waals surface area contributed by atoms with Gasteiger partial charge in [0.1, 0.15) is 0 Å². The van der Waals surface area contributed by atoms with Crippen molar-refractivity contribution in [3.63, 3.8) is 0 Å². The molecule has 1 aliphatic heterocycles. The number of carbonyl (C=O) groups is 3. The predicted octanol–water partition coefficient (Wildman–Crippen LogP) is -2.56. The van der Waals surface area contributed by atoms with Gasteiger partial charge in [-0.3, -0.25) is 14.4 Å². The summed E-state index contributed by atoms with van der Waals surface area (Å²) in [6.45, 7) is 1.82. The van der Waals surface area contributed by atoms with E-state index in [0.29, 0.717) is 10.1 Å². The molecule has 1 rings (SSSR count). The minimum Gasteiger partial charge on any atom is -0.606 e. The van der Waals surface area contributed by atoms with Crippen LogP contribution in [-0.2, 0) is 14.4 Å². The molecule has 0 bridgehead atoms. The fraction of sp³-hybridized carbons (Fsp3) is 0.500. The maximum atomic E-state index is 11.0. The molecule has 1 unspecified atom stereocenters. The van der Waals surface area contributed by atoms with Gasteiger partial charge in [0.15, 0.2) is 6.54 Å². The molecule has 1 saturated heterocycles. The number of rotatable bonds is 0. The quantitative estimate of drug-likeness (QED) is 0.422. The van der Waals surface area contributed by atoms with Crippen molar-refractivity contribution in [2.45, 2.75) is 13.8 Å². The van der Waals surface area contributed by atoms with E-state index in [1.807, 2.05) is 0 Å². The summed E-state index contributed by atoms with van der Waals surface area (Å²) in [7, 11) is 0. The van der Waals surface area contributed by atoms with E-state index in [9.17, 15) is 19.6 Å². The molecule has 0 saturated carbocycles. The Kier molecular flexibility index (Phi) is 2.30. The first-order chi connectivity index (χ1) is 5.95. The molecule has 1 fully saturated rings. The van der Waals surface area contributed by atoms with E-state index in [2.05, 4.69) is 0 Å². The van der Waals surface area contributed by atoms with Gasteiger partial charge in [0.2, 0.25) is 5.91 Å². The van der Waals surface area contributed by atoms with Crippen molar-refractivity contribution in [2.75, 3.05) is 6.54 Å². The van der Waals surface area contributed by atoms with Crippen molar-refractivity contribution in [1.29, 1.82) is 0 Å². The molecule has 1 heterocycles. The van der Waals surface area contributed by atoms with Crippen LogP contribution in [0.15, 0.2) is 0 Å². The standard InChI is InChI=1S/C6H9N3O4/c1-4(10)8-6(12)3-7(13)9(8)5(2)11/h7H,3H2,1-2H3. The van der Waals surface area contributed by atoms with Crippen molar-refractivity contribution in [3.05, 3.63) is 5.21 Å². The van der Waals surface area contributed by atoms with Gasteiger partial charge < -0.3 is 5.21 Å². The maximum absolute atomic E-state index is 11.0. The van der Waals surface area contributed by atoms with Gasteiger partial charge in [0.25, 0.3) is 5.91 Å². The molecule has 0 aromatic heterocycles. The Morgan fingerprint density at radius 3 is 2.23 bits per heavy atom. The highest BCUT2D eigenvalue weighted by Gasteiger charge is 2.40. The van der Waals surface area contributed by atoms with E-state index >= 15 is 0 Å². The van der Waals surface area contributed by atoms with Crippen LogP contribution in [0.25, 0.3) is 0 Å². The molecule has 0 aromatic rings. The van der Waals surface area contributed by atoms with Gasteiger partial charge in [0.05, 0.1) is 0 Å². The average molecular weight is 187 g/mol. The summed E-state index contributed by atoms with van der Waals surface area (Å²) in [4.78, 5) is 32.8. The summed E-state index contributed by atoms with van der Waals surface area (Å²) in [5, 5.41) is 11.5. The smallest absolute Gasteiger partial charge is 0.310 e. The lowest BCUT2D eigenvalue weighted by molar-refractivity contribution is -0.954. The Morgan fingerprint density at radius 2 is 1.92 bits per heavy atom. The number of amides is 3. The van der Waals surface area contributed by atoms with Crippen LogP contribution < -0.4 is 5.17 Å². The molecular weight excluding hydrogens is 178 g/mol. The van der Waals surface area contributed by atoms with Crippen molar-refractivity contribution in [2.24, 2.45) is 0 Å². The number of imide groups is 1. The number of nitrogens with zero attached hydrogens (tertiary/aromatic N) is 2. The Bertz CT molecular complexity index is 277. The number of hydroxylamine groups is 1. The number of hydrazine groups is 1. The van der Waals surface area contributed by atoms with Gasteiger partial charge in [-0.2, -0.15) is 0 Å². The zero-order valence-electron chi connectivity index (χ0n) is 7.23. The van der Waals surface area contributed by atoms with E-state index in [1.54, 1.807) is 0 Å². The molecule has 7 nitrogen and oxygen atoms in total. The normalized spacial score (nSPS) is 22.4. The van der Waals surface area contributed by atoms with Crippen LogP contribution in [-0.4, -0.2) is 34.4 Å². The Hall–Kier alpha value is -1.47. The largest absolute Gasteiger partial charge is 0.606 e. The molecule has 1 N–H and O–H groups in total. The lowest BCUT2D eigenvalue weighted by Gasteiger charge is -2.27. The third-order valence-corrected chi connectivity index (χ3v) is 1.57. The van der Waals surface area contributed by atoms with Crippen LogP contribution in [0.3, 0.4) is 0 Å². The van der Waals surface area contributed by atoms with Crippen LogP contribution >= 0.6 is 0 Å². The third-order valence-electron chi connectivity index (χ3n) is 1.57. The number of nitrogens with one attached hydrogen (secondary N) is 1. The van der Waals surface area contributed by atoms with Gasteiger partial charge >= 0.3 is 5.91 Å². The molecule has 0 aromatic carbocycles. The lowest BCUT2D eigenvalue weighted by Crippen LogP contribution is -3.13. The summed E-state index contributed by atoms with van der Waals surface area (Å²) in [5.74, 6) is -1.93. The molecule has 0 aliphatic carbocycles. The van der Waals surface area contributed by atoms with Crippen molar-refractivity contribution >= 4 is 17.7 Å². The summed E-state index contributed by atoms with van der Waals surface area (Å²) in [6.07, 6.45) is 0. The third kappa shape index (κ3) is 1.51. The highest BCUT2D eigenvalue weighted by atomic mass is 16.6. The Morgan fingerprint density at radius 1 is 1.38 bits per heavy atom. The highest BCUT2D eigenvalue weighted by molar-refractivity contribution is 5.97. The summed E-state index contributed by atoms with van der Waals surface area (Å²) < 4.78 is 0. The first kappa shape index (κ1) is 9.62. The minimum absolute atomic E-state index is 0.418. The van der Waals surface area contributed by atoms with Crippen LogP contribution in [0.1, 0.15) is 13.8 Å². The van der Waals surface area contributed by atoms with Crippen LogP contribution in [0.2, 0.25) is 0 Å². The van der Waals surface area contributed by atoms with Crippen molar-refractivity contribution < 1.29 is 19.6 Å².